The van der Waals surface area contributed by atoms with Gasteiger partial charge in [-0.3, -0.25) is 9.68 Å². The average molecular weight is 220 g/mol. The smallest absolute Gasteiger partial charge is 0.388 e. The Bertz CT molecular complexity index is 277. The highest BCUT2D eigenvalue weighted by atomic mass is 17.3. The van der Waals surface area contributed by atoms with E-state index in [0.717, 1.165) is 6.92 Å². The fourth-order valence-electron chi connectivity index (χ4n) is 1.25. The molecule has 0 spiro atoms. The second-order valence-electron chi connectivity index (χ2n) is 3.42. The highest BCUT2D eigenvalue weighted by molar-refractivity contribution is 6.09. The van der Waals surface area contributed by atoms with E-state index in [1.807, 2.05) is 0 Å². The van der Waals surface area contributed by atoms with E-state index in [-0.39, 0.29) is 0 Å². The molecule has 0 aromatic rings. The van der Waals surface area contributed by atoms with Gasteiger partial charge in [0, 0.05) is 0 Å². The Kier molecular flexibility index (Phi) is 3.10. The van der Waals surface area contributed by atoms with E-state index in [4.69, 9.17) is 5.11 Å². The lowest BCUT2D eigenvalue weighted by molar-refractivity contribution is -0.407. The zero-order chi connectivity index (χ0) is 11.8. The minimum atomic E-state index is -2.21. The van der Waals surface area contributed by atoms with Crippen LogP contribution in [0.3, 0.4) is 0 Å². The monoisotopic (exact) mass is 220 g/mol. The first-order chi connectivity index (χ1) is 6.84. The van der Waals surface area contributed by atoms with E-state index in [2.05, 4.69) is 9.78 Å². The van der Waals surface area contributed by atoms with Crippen LogP contribution in [-0.2, 0) is 19.4 Å². The molecule has 0 amide bonds. The van der Waals surface area contributed by atoms with Crippen molar-refractivity contribution in [3.63, 3.8) is 0 Å². The molecular weight excluding hydrogens is 208 g/mol. The summed E-state index contributed by atoms with van der Waals surface area (Å²) in [4.78, 5) is 30.4. The Balaban J connectivity index is 2.92. The van der Waals surface area contributed by atoms with Crippen molar-refractivity contribution in [1.82, 2.24) is 0 Å². The van der Waals surface area contributed by atoms with Gasteiger partial charge in [0.15, 0.2) is 5.78 Å². The van der Waals surface area contributed by atoms with E-state index in [0.29, 0.717) is 0 Å². The first-order valence-corrected chi connectivity index (χ1v) is 4.29. The number of Topliss-reactive ketones (excluding diaryl/α,β-unsaturated/α-hetero) is 1. The SMILES string of the molecule is CC(=O)C1([C@H](O)[C@H](O)[C@@H](C)O)OOC1=O. The molecule has 0 radical (unpaired) electrons. The predicted octanol–water partition coefficient (Wildman–Crippen LogP) is -2.09. The van der Waals surface area contributed by atoms with Gasteiger partial charge in [0.25, 0.3) is 5.60 Å². The van der Waals surface area contributed by atoms with Gasteiger partial charge in [-0.05, 0) is 13.8 Å². The van der Waals surface area contributed by atoms with Crippen LogP contribution < -0.4 is 0 Å². The van der Waals surface area contributed by atoms with Gasteiger partial charge >= 0.3 is 5.97 Å². The molecule has 0 aromatic carbocycles. The van der Waals surface area contributed by atoms with Crippen LogP contribution in [0.1, 0.15) is 13.8 Å². The lowest BCUT2D eigenvalue weighted by Crippen LogP contribution is -2.69. The van der Waals surface area contributed by atoms with Crippen LogP contribution in [-0.4, -0.2) is 51.0 Å². The molecular formula is C8H12O7. The number of hydrogen-bond acceptors (Lipinski definition) is 7. The molecule has 1 unspecified atom stereocenters. The maximum absolute atomic E-state index is 11.1. The summed E-state index contributed by atoms with van der Waals surface area (Å²) in [5.74, 6) is -1.88. The van der Waals surface area contributed by atoms with Crippen LogP contribution >= 0.6 is 0 Å². The van der Waals surface area contributed by atoms with Crippen LogP contribution in [0.15, 0.2) is 0 Å². The van der Waals surface area contributed by atoms with E-state index in [1.165, 1.54) is 6.92 Å². The molecule has 7 nitrogen and oxygen atoms in total. The Morgan fingerprint density at radius 1 is 1.40 bits per heavy atom. The molecule has 1 aliphatic heterocycles. The molecule has 0 aromatic heterocycles. The topological polar surface area (TPSA) is 113 Å². The minimum absolute atomic E-state index is 0.800. The second-order valence-corrected chi connectivity index (χ2v) is 3.42. The number of aliphatic hydroxyl groups excluding tert-OH is 3. The van der Waals surface area contributed by atoms with Crippen molar-refractivity contribution >= 4 is 11.8 Å². The largest absolute Gasteiger partial charge is 0.391 e. The molecule has 3 N–H and O–H groups in total. The van der Waals surface area contributed by atoms with E-state index < -0.39 is 35.7 Å². The van der Waals surface area contributed by atoms with Gasteiger partial charge in [-0.25, -0.2) is 4.79 Å². The van der Waals surface area contributed by atoms with Crippen LogP contribution in [0.2, 0.25) is 0 Å². The lowest BCUT2D eigenvalue weighted by atomic mass is 9.86. The van der Waals surface area contributed by atoms with Gasteiger partial charge in [-0.1, -0.05) is 0 Å². The molecule has 1 heterocycles. The van der Waals surface area contributed by atoms with Gasteiger partial charge < -0.3 is 15.3 Å². The summed E-state index contributed by atoms with van der Waals surface area (Å²) in [5, 5.41) is 27.9. The van der Waals surface area contributed by atoms with Gasteiger partial charge in [0.05, 0.1) is 6.10 Å². The minimum Gasteiger partial charge on any atom is -0.391 e. The Morgan fingerprint density at radius 2 is 1.93 bits per heavy atom. The first-order valence-electron chi connectivity index (χ1n) is 4.29. The molecule has 1 saturated heterocycles. The fourth-order valence-corrected chi connectivity index (χ4v) is 1.25. The summed E-state index contributed by atoms with van der Waals surface area (Å²) in [6.07, 6.45) is -4.86. The zero-order valence-corrected chi connectivity index (χ0v) is 8.21. The molecule has 0 saturated carbocycles. The van der Waals surface area contributed by atoms with Gasteiger partial charge in [-0.2, -0.15) is 4.89 Å². The average Bonchev–Trinajstić information content (AvgIpc) is 2.13. The van der Waals surface area contributed by atoms with Gasteiger partial charge in [0.2, 0.25) is 0 Å². The Morgan fingerprint density at radius 3 is 2.13 bits per heavy atom. The van der Waals surface area contributed by atoms with Crippen molar-refractivity contribution in [2.45, 2.75) is 37.8 Å². The van der Waals surface area contributed by atoms with Gasteiger partial charge in [-0.15, -0.1) is 0 Å². The third-order valence-electron chi connectivity index (χ3n) is 2.31. The summed E-state index contributed by atoms with van der Waals surface area (Å²) in [6.45, 7) is 2.21. The maximum Gasteiger partial charge on any atom is 0.388 e. The Hall–Kier alpha value is -1.02. The normalized spacial score (nSPS) is 31.1. The van der Waals surface area contributed by atoms with Crippen LogP contribution in [0, 0.1) is 0 Å². The number of carbonyl (C=O) groups is 2. The first kappa shape index (κ1) is 12.1. The molecule has 1 aliphatic rings. The molecule has 7 heteroatoms. The zero-order valence-electron chi connectivity index (χ0n) is 8.21. The molecule has 0 bridgehead atoms. The quantitative estimate of drug-likeness (QED) is 0.367. The number of hydrogen-bond donors (Lipinski definition) is 3. The number of aliphatic hydroxyl groups is 3. The predicted molar refractivity (Wildman–Crippen MR) is 44.3 cm³/mol. The van der Waals surface area contributed by atoms with Crippen molar-refractivity contribution in [2.75, 3.05) is 0 Å². The number of carbonyl (C=O) groups excluding carboxylic acids is 2. The third-order valence-corrected chi connectivity index (χ3v) is 2.31. The van der Waals surface area contributed by atoms with Crippen molar-refractivity contribution in [1.29, 1.82) is 0 Å². The third kappa shape index (κ3) is 1.63. The highest BCUT2D eigenvalue weighted by Crippen LogP contribution is 2.31. The van der Waals surface area contributed by atoms with E-state index >= 15 is 0 Å². The van der Waals surface area contributed by atoms with E-state index in [9.17, 15) is 19.8 Å². The molecule has 1 rings (SSSR count). The summed E-state index contributed by atoms with van der Waals surface area (Å²) < 4.78 is 0. The van der Waals surface area contributed by atoms with E-state index in [1.54, 1.807) is 0 Å². The fraction of sp³-hybridized carbons (Fsp3) is 0.750. The number of rotatable bonds is 4. The standard InChI is InChI=1S/C8H12O7/c1-3(9)5(11)6(12)8(4(2)10)7(13)14-15-8/h3,5-6,9,11-12H,1-2H3/t3-,5-,6-,8?/m1/s1. The van der Waals surface area contributed by atoms with Crippen LogP contribution in [0.4, 0.5) is 0 Å². The highest BCUT2D eigenvalue weighted by Gasteiger charge is 2.64. The van der Waals surface area contributed by atoms with Gasteiger partial charge in [0.1, 0.15) is 12.2 Å². The molecule has 0 aliphatic carbocycles. The Labute approximate surface area is 85.2 Å². The lowest BCUT2D eigenvalue weighted by Gasteiger charge is -2.39. The number of ketones is 1. The van der Waals surface area contributed by atoms with Crippen molar-refractivity contribution < 1.29 is 34.7 Å². The van der Waals surface area contributed by atoms with Crippen LogP contribution in [0.5, 0.6) is 0 Å². The van der Waals surface area contributed by atoms with Crippen LogP contribution in [0.25, 0.3) is 0 Å². The summed E-state index contributed by atoms with van der Waals surface area (Å²) in [7, 11) is 0. The summed E-state index contributed by atoms with van der Waals surface area (Å²) in [5.41, 5.74) is -2.21. The molecule has 4 atom stereocenters. The molecule has 15 heavy (non-hydrogen) atoms. The second kappa shape index (κ2) is 3.86. The van der Waals surface area contributed by atoms with Crippen molar-refractivity contribution in [3.05, 3.63) is 0 Å². The van der Waals surface area contributed by atoms with Crippen molar-refractivity contribution in [3.8, 4) is 0 Å². The summed E-state index contributed by atoms with van der Waals surface area (Å²) >= 11 is 0. The maximum atomic E-state index is 11.1. The molecule has 1 fully saturated rings. The van der Waals surface area contributed by atoms with Crippen molar-refractivity contribution in [2.24, 2.45) is 0 Å². The summed E-state index contributed by atoms with van der Waals surface area (Å²) in [6, 6.07) is 0. The molecule has 86 valence electrons.